The Labute approximate surface area is 194 Å². The molecule has 2 aromatic carbocycles. The lowest BCUT2D eigenvalue weighted by molar-refractivity contribution is -0.122. The van der Waals surface area contributed by atoms with Crippen molar-refractivity contribution < 1.29 is 23.9 Å². The van der Waals surface area contributed by atoms with E-state index in [0.717, 1.165) is 12.8 Å². The quantitative estimate of drug-likeness (QED) is 0.509. The third kappa shape index (κ3) is 4.49. The van der Waals surface area contributed by atoms with Crippen molar-refractivity contribution in [2.24, 2.45) is 11.8 Å². The summed E-state index contributed by atoms with van der Waals surface area (Å²) in [7, 11) is 0. The highest BCUT2D eigenvalue weighted by Crippen LogP contribution is 2.40. The number of carbonyl (C=O) groups excluding carboxylic acids is 4. The van der Waals surface area contributed by atoms with Gasteiger partial charge in [0, 0.05) is 5.02 Å². The second-order valence-corrected chi connectivity index (χ2v) is 8.65. The summed E-state index contributed by atoms with van der Waals surface area (Å²) in [5.41, 5.74) is 0.764. The van der Waals surface area contributed by atoms with Crippen molar-refractivity contribution in [2.45, 2.75) is 25.7 Å². The van der Waals surface area contributed by atoms with Gasteiger partial charge >= 0.3 is 5.97 Å². The van der Waals surface area contributed by atoms with Crippen molar-refractivity contribution in [1.29, 1.82) is 0 Å². The molecule has 2 atom stereocenters. The normalized spacial score (nSPS) is 20.1. The van der Waals surface area contributed by atoms with Crippen LogP contribution in [0.25, 0.3) is 0 Å². The first-order chi connectivity index (χ1) is 15.3. The van der Waals surface area contributed by atoms with Gasteiger partial charge in [0.1, 0.15) is 0 Å². The maximum atomic E-state index is 12.8. The summed E-state index contributed by atoms with van der Waals surface area (Å²) in [4.78, 5) is 51.3. The van der Waals surface area contributed by atoms with Crippen molar-refractivity contribution in [3.05, 3.63) is 58.1 Å². The minimum Gasteiger partial charge on any atom is -0.452 e. The molecule has 0 bridgehead atoms. The molecule has 9 heteroatoms. The monoisotopic (exact) mass is 474 g/mol. The number of hydrogen-bond acceptors (Lipinski definition) is 5. The summed E-state index contributed by atoms with van der Waals surface area (Å²) < 4.78 is 5.08. The fourth-order valence-electron chi connectivity index (χ4n) is 4.18. The molecule has 0 spiro atoms. The Balaban J connectivity index is 1.41. The second-order valence-electron chi connectivity index (χ2n) is 7.81. The number of hydrogen-bond donors (Lipinski definition) is 1. The van der Waals surface area contributed by atoms with E-state index in [1.807, 2.05) is 0 Å². The van der Waals surface area contributed by atoms with E-state index >= 15 is 0 Å². The number of anilines is 2. The summed E-state index contributed by atoms with van der Waals surface area (Å²) in [5, 5.41) is 3.21. The topological polar surface area (TPSA) is 92.8 Å². The van der Waals surface area contributed by atoms with Crippen LogP contribution in [-0.4, -0.2) is 30.3 Å². The molecule has 166 valence electrons. The molecule has 2 aliphatic rings. The van der Waals surface area contributed by atoms with Crippen molar-refractivity contribution in [1.82, 2.24) is 0 Å². The highest BCUT2D eigenvalue weighted by atomic mass is 35.5. The Bertz CT molecular complexity index is 1080. The van der Waals surface area contributed by atoms with Crippen LogP contribution >= 0.6 is 23.2 Å². The lowest BCUT2D eigenvalue weighted by Crippen LogP contribution is -2.31. The lowest BCUT2D eigenvalue weighted by Gasteiger charge is -2.19. The Morgan fingerprint density at radius 2 is 1.69 bits per heavy atom. The molecule has 2 fully saturated rings. The lowest BCUT2D eigenvalue weighted by atomic mass is 9.81. The zero-order valence-corrected chi connectivity index (χ0v) is 18.5. The average molecular weight is 475 g/mol. The molecule has 1 heterocycles. The van der Waals surface area contributed by atoms with Crippen LogP contribution in [0.2, 0.25) is 10.0 Å². The Kier molecular flexibility index (Phi) is 6.48. The van der Waals surface area contributed by atoms with E-state index in [0.29, 0.717) is 34.3 Å². The number of nitrogens with zero attached hydrogens (tertiary/aromatic N) is 1. The summed E-state index contributed by atoms with van der Waals surface area (Å²) in [6.07, 6.45) is 3.28. The first-order valence-corrected chi connectivity index (χ1v) is 11.0. The number of amides is 3. The predicted molar refractivity (Wildman–Crippen MR) is 120 cm³/mol. The van der Waals surface area contributed by atoms with Gasteiger partial charge in [-0.15, -0.1) is 0 Å². The molecule has 7 nitrogen and oxygen atoms in total. The number of ether oxygens (including phenoxy) is 1. The molecule has 3 amide bonds. The molecule has 0 radical (unpaired) electrons. The standard InChI is InChI=1S/C23H20Cl2N2O5/c24-14-8-9-18(25)19(11-14)26-20(28)12-32-23(31)13-4-3-5-15(10-13)27-21(29)16-6-1-2-7-17(16)22(27)30/h3-5,8-11,16-17H,1-2,6-7,12H2,(H,26,28)/t16-,17-/m0/s1. The van der Waals surface area contributed by atoms with Crippen LogP contribution in [0.15, 0.2) is 42.5 Å². The zero-order valence-electron chi connectivity index (χ0n) is 17.0. The molecule has 1 aliphatic heterocycles. The van der Waals surface area contributed by atoms with E-state index in [4.69, 9.17) is 27.9 Å². The highest BCUT2D eigenvalue weighted by molar-refractivity contribution is 6.35. The maximum Gasteiger partial charge on any atom is 0.338 e. The fraction of sp³-hybridized carbons (Fsp3) is 0.304. The number of imide groups is 1. The van der Waals surface area contributed by atoms with E-state index in [1.165, 1.54) is 29.2 Å². The van der Waals surface area contributed by atoms with Gasteiger partial charge in [-0.25, -0.2) is 4.79 Å². The number of nitrogens with one attached hydrogen (secondary N) is 1. The number of carbonyl (C=O) groups is 4. The highest BCUT2D eigenvalue weighted by Gasteiger charge is 2.48. The van der Waals surface area contributed by atoms with E-state index in [2.05, 4.69) is 5.32 Å². The molecule has 1 saturated carbocycles. The molecular weight excluding hydrogens is 455 g/mol. The molecule has 1 saturated heterocycles. The van der Waals surface area contributed by atoms with Crippen LogP contribution in [0.3, 0.4) is 0 Å². The molecule has 1 aliphatic carbocycles. The van der Waals surface area contributed by atoms with Gasteiger partial charge in [-0.1, -0.05) is 42.1 Å². The first kappa shape index (κ1) is 22.3. The minimum absolute atomic E-state index is 0.131. The van der Waals surface area contributed by atoms with Gasteiger partial charge in [-0.05, 0) is 49.2 Å². The van der Waals surface area contributed by atoms with Gasteiger partial charge in [0.05, 0.1) is 33.8 Å². The van der Waals surface area contributed by atoms with Gasteiger partial charge in [-0.3, -0.25) is 19.3 Å². The average Bonchev–Trinajstić information content (AvgIpc) is 3.05. The van der Waals surface area contributed by atoms with Gasteiger partial charge in [-0.2, -0.15) is 0 Å². The van der Waals surface area contributed by atoms with Gasteiger partial charge in [0.2, 0.25) is 11.8 Å². The van der Waals surface area contributed by atoms with Crippen LogP contribution < -0.4 is 10.2 Å². The number of halogens is 2. The summed E-state index contributed by atoms with van der Waals surface area (Å²) in [6, 6.07) is 10.7. The number of fused-ring (bicyclic) bond motifs is 1. The van der Waals surface area contributed by atoms with Crippen molar-refractivity contribution >= 4 is 58.3 Å². The largest absolute Gasteiger partial charge is 0.452 e. The van der Waals surface area contributed by atoms with E-state index in [-0.39, 0.29) is 29.2 Å². The zero-order chi connectivity index (χ0) is 22.8. The number of rotatable bonds is 5. The number of esters is 1. The van der Waals surface area contributed by atoms with Crippen LogP contribution in [0.5, 0.6) is 0 Å². The Morgan fingerprint density at radius 3 is 2.38 bits per heavy atom. The second kappa shape index (κ2) is 9.30. The third-order valence-electron chi connectivity index (χ3n) is 5.72. The Hall–Kier alpha value is -2.90. The van der Waals surface area contributed by atoms with E-state index < -0.39 is 18.5 Å². The third-order valence-corrected chi connectivity index (χ3v) is 6.28. The van der Waals surface area contributed by atoms with Crippen LogP contribution in [0, 0.1) is 11.8 Å². The smallest absolute Gasteiger partial charge is 0.338 e. The maximum absolute atomic E-state index is 12.8. The molecule has 4 rings (SSSR count). The Morgan fingerprint density at radius 1 is 1.00 bits per heavy atom. The van der Waals surface area contributed by atoms with Crippen molar-refractivity contribution in [3.63, 3.8) is 0 Å². The van der Waals surface area contributed by atoms with Gasteiger partial charge < -0.3 is 10.1 Å². The molecule has 2 aromatic rings. The van der Waals surface area contributed by atoms with Crippen molar-refractivity contribution in [2.75, 3.05) is 16.8 Å². The van der Waals surface area contributed by atoms with Crippen LogP contribution in [0.1, 0.15) is 36.0 Å². The summed E-state index contributed by atoms with van der Waals surface area (Å²) >= 11 is 11.9. The summed E-state index contributed by atoms with van der Waals surface area (Å²) in [5.74, 6) is -2.35. The van der Waals surface area contributed by atoms with E-state index in [1.54, 1.807) is 18.2 Å². The summed E-state index contributed by atoms with van der Waals surface area (Å²) in [6.45, 7) is -0.544. The number of benzene rings is 2. The van der Waals surface area contributed by atoms with E-state index in [9.17, 15) is 19.2 Å². The molecular formula is C23H20Cl2N2O5. The minimum atomic E-state index is -0.754. The van der Waals surface area contributed by atoms with Crippen LogP contribution in [0.4, 0.5) is 11.4 Å². The SMILES string of the molecule is O=C(COC(=O)c1cccc(N2C(=O)[C@H]3CCCC[C@@H]3C2=O)c1)Nc1cc(Cl)ccc1Cl. The molecule has 0 unspecified atom stereocenters. The van der Waals surface area contributed by atoms with Gasteiger partial charge in [0.25, 0.3) is 5.91 Å². The van der Waals surface area contributed by atoms with Crippen molar-refractivity contribution in [3.8, 4) is 0 Å². The fourth-order valence-corrected chi connectivity index (χ4v) is 4.52. The molecule has 32 heavy (non-hydrogen) atoms. The van der Waals surface area contributed by atoms with Gasteiger partial charge in [0.15, 0.2) is 6.61 Å². The predicted octanol–water partition coefficient (Wildman–Crippen LogP) is 4.47. The first-order valence-electron chi connectivity index (χ1n) is 10.2. The molecule has 1 N–H and O–H groups in total. The van der Waals surface area contributed by atoms with Crippen LogP contribution in [-0.2, 0) is 19.1 Å². The molecule has 0 aromatic heterocycles.